The SMILES string of the molecule is Cc1c(N=C=O)cc(S(=O)(=O)Cl)cc1N=C=O. The number of halogens is 1. The zero-order valence-corrected chi connectivity index (χ0v) is 10.0. The minimum atomic E-state index is -4.01. The fraction of sp³-hybridized carbons (Fsp3) is 0.111. The molecule has 0 saturated heterocycles. The normalized spacial score (nSPS) is 10.2. The van der Waals surface area contributed by atoms with Crippen LogP contribution in [0.15, 0.2) is 27.0 Å². The molecule has 0 aromatic heterocycles. The number of nitrogens with zero attached hydrogens (tertiary/aromatic N) is 2. The van der Waals surface area contributed by atoms with Crippen LogP contribution in [0.1, 0.15) is 5.56 Å². The van der Waals surface area contributed by atoms with E-state index in [9.17, 15) is 18.0 Å². The van der Waals surface area contributed by atoms with E-state index in [1.54, 1.807) is 0 Å². The monoisotopic (exact) mass is 272 g/mol. The van der Waals surface area contributed by atoms with Gasteiger partial charge in [0, 0.05) is 16.2 Å². The minimum absolute atomic E-state index is 0.0238. The van der Waals surface area contributed by atoms with Crippen molar-refractivity contribution in [3.05, 3.63) is 17.7 Å². The van der Waals surface area contributed by atoms with Gasteiger partial charge in [0.1, 0.15) is 0 Å². The molecule has 0 amide bonds. The van der Waals surface area contributed by atoms with Crippen LogP contribution in [0.4, 0.5) is 11.4 Å². The molecule has 0 radical (unpaired) electrons. The Morgan fingerprint density at radius 1 is 1.12 bits per heavy atom. The van der Waals surface area contributed by atoms with E-state index in [0.717, 1.165) is 12.1 Å². The van der Waals surface area contributed by atoms with Crippen LogP contribution >= 0.6 is 10.7 Å². The molecular weight excluding hydrogens is 268 g/mol. The van der Waals surface area contributed by atoms with Crippen LogP contribution in [0.2, 0.25) is 0 Å². The summed E-state index contributed by atoms with van der Waals surface area (Å²) in [4.78, 5) is 26.6. The second-order valence-electron chi connectivity index (χ2n) is 2.93. The number of rotatable bonds is 3. The van der Waals surface area contributed by atoms with Gasteiger partial charge in [-0.05, 0) is 19.1 Å². The Labute approximate surface area is 101 Å². The lowest BCUT2D eigenvalue weighted by Gasteiger charge is -2.04. The number of hydrogen-bond donors (Lipinski definition) is 0. The van der Waals surface area contributed by atoms with Crippen molar-refractivity contribution in [2.45, 2.75) is 11.8 Å². The van der Waals surface area contributed by atoms with Crippen LogP contribution in [0.25, 0.3) is 0 Å². The maximum Gasteiger partial charge on any atom is 0.261 e. The van der Waals surface area contributed by atoms with Gasteiger partial charge in [-0.25, -0.2) is 18.0 Å². The van der Waals surface area contributed by atoms with Crippen LogP contribution in [-0.2, 0) is 18.6 Å². The molecule has 0 fully saturated rings. The van der Waals surface area contributed by atoms with E-state index in [1.165, 1.54) is 19.1 Å². The van der Waals surface area contributed by atoms with E-state index in [0.29, 0.717) is 5.56 Å². The molecule has 1 aromatic rings. The molecule has 0 unspecified atom stereocenters. The van der Waals surface area contributed by atoms with Gasteiger partial charge in [0.15, 0.2) is 0 Å². The highest BCUT2D eigenvalue weighted by molar-refractivity contribution is 8.13. The summed E-state index contributed by atoms with van der Waals surface area (Å²) in [6, 6.07) is 2.18. The summed E-state index contributed by atoms with van der Waals surface area (Å²) >= 11 is 0. The molecule has 1 rings (SSSR count). The molecule has 0 aliphatic heterocycles. The Hall–Kier alpha value is -1.78. The first-order chi connectivity index (χ1) is 7.90. The van der Waals surface area contributed by atoms with E-state index in [-0.39, 0.29) is 16.3 Å². The topological polar surface area (TPSA) is 93.0 Å². The Kier molecular flexibility index (Phi) is 3.93. The molecule has 17 heavy (non-hydrogen) atoms. The van der Waals surface area contributed by atoms with E-state index >= 15 is 0 Å². The van der Waals surface area contributed by atoms with Crippen LogP contribution in [0.5, 0.6) is 0 Å². The Morgan fingerprint density at radius 3 is 1.82 bits per heavy atom. The molecule has 88 valence electrons. The first kappa shape index (κ1) is 13.3. The summed E-state index contributed by atoms with van der Waals surface area (Å²) < 4.78 is 22.3. The number of isocyanates is 2. The summed E-state index contributed by atoms with van der Waals surface area (Å²) in [6.07, 6.45) is 2.54. The van der Waals surface area contributed by atoms with Crippen molar-refractivity contribution in [2.75, 3.05) is 0 Å². The summed E-state index contributed by atoms with van der Waals surface area (Å²) in [7, 11) is 1.14. The van der Waals surface area contributed by atoms with Crippen LogP contribution in [0, 0.1) is 6.92 Å². The average molecular weight is 273 g/mol. The lowest BCUT2D eigenvalue weighted by atomic mass is 10.1. The Morgan fingerprint density at radius 2 is 1.53 bits per heavy atom. The van der Waals surface area contributed by atoms with Crippen molar-refractivity contribution < 1.29 is 18.0 Å². The molecule has 0 saturated carbocycles. The van der Waals surface area contributed by atoms with Crippen LogP contribution in [-0.4, -0.2) is 20.6 Å². The lowest BCUT2D eigenvalue weighted by molar-refractivity contribution is 0.565. The van der Waals surface area contributed by atoms with Gasteiger partial charge in [-0.2, -0.15) is 9.98 Å². The molecule has 0 bridgehead atoms. The van der Waals surface area contributed by atoms with Gasteiger partial charge in [-0.1, -0.05) is 0 Å². The minimum Gasteiger partial charge on any atom is -0.211 e. The number of benzene rings is 1. The number of hydrogen-bond acceptors (Lipinski definition) is 6. The quantitative estimate of drug-likeness (QED) is 0.477. The molecule has 1 aromatic carbocycles. The van der Waals surface area contributed by atoms with Crippen molar-refractivity contribution >= 4 is 43.3 Å². The highest BCUT2D eigenvalue weighted by atomic mass is 35.7. The molecule has 0 atom stereocenters. The second-order valence-corrected chi connectivity index (χ2v) is 5.50. The molecule has 0 N–H and O–H groups in total. The van der Waals surface area contributed by atoms with E-state index < -0.39 is 9.05 Å². The molecule has 8 heteroatoms. The largest absolute Gasteiger partial charge is 0.261 e. The predicted molar refractivity (Wildman–Crippen MR) is 59.8 cm³/mol. The first-order valence-corrected chi connectivity index (χ1v) is 6.46. The van der Waals surface area contributed by atoms with Crippen molar-refractivity contribution in [2.24, 2.45) is 9.98 Å². The summed E-state index contributed by atoms with van der Waals surface area (Å²) in [5.74, 6) is 0. The van der Waals surface area contributed by atoms with Crippen LogP contribution < -0.4 is 0 Å². The fourth-order valence-corrected chi connectivity index (χ4v) is 1.90. The highest BCUT2D eigenvalue weighted by Crippen LogP contribution is 2.32. The smallest absolute Gasteiger partial charge is 0.211 e. The average Bonchev–Trinajstić information content (AvgIpc) is 2.22. The molecular formula is C9H5ClN2O4S. The Bertz CT molecular complexity index is 617. The summed E-state index contributed by atoms with van der Waals surface area (Å²) in [5.41, 5.74) is 0.396. The van der Waals surface area contributed by atoms with Crippen LogP contribution in [0.3, 0.4) is 0 Å². The van der Waals surface area contributed by atoms with Crippen molar-refractivity contribution in [1.82, 2.24) is 0 Å². The zero-order valence-electron chi connectivity index (χ0n) is 8.47. The van der Waals surface area contributed by atoms with Crippen molar-refractivity contribution in [3.63, 3.8) is 0 Å². The van der Waals surface area contributed by atoms with E-state index in [2.05, 4.69) is 9.98 Å². The maximum atomic E-state index is 11.1. The van der Waals surface area contributed by atoms with Gasteiger partial charge in [-0.3, -0.25) is 0 Å². The highest BCUT2D eigenvalue weighted by Gasteiger charge is 2.15. The van der Waals surface area contributed by atoms with Gasteiger partial charge in [-0.15, -0.1) is 0 Å². The number of carbonyl (C=O) groups excluding carboxylic acids is 2. The Balaban J connectivity index is 3.69. The molecule has 6 nitrogen and oxygen atoms in total. The first-order valence-electron chi connectivity index (χ1n) is 4.15. The third kappa shape index (κ3) is 3.09. The van der Waals surface area contributed by atoms with Gasteiger partial charge >= 0.3 is 0 Å². The predicted octanol–water partition coefficient (Wildman–Crippen LogP) is 1.86. The second kappa shape index (κ2) is 5.03. The van der Waals surface area contributed by atoms with Gasteiger partial charge in [0.25, 0.3) is 9.05 Å². The maximum absolute atomic E-state index is 11.1. The van der Waals surface area contributed by atoms with E-state index in [1.807, 2.05) is 0 Å². The number of aliphatic imine (C=N–C) groups is 2. The zero-order chi connectivity index (χ0) is 13.1. The molecule has 0 spiro atoms. The van der Waals surface area contributed by atoms with E-state index in [4.69, 9.17) is 10.7 Å². The van der Waals surface area contributed by atoms with Gasteiger partial charge in [0.2, 0.25) is 12.2 Å². The fourth-order valence-electron chi connectivity index (χ4n) is 1.13. The molecule has 0 aliphatic carbocycles. The van der Waals surface area contributed by atoms with Gasteiger partial charge in [0.05, 0.1) is 16.3 Å². The molecule has 0 aliphatic rings. The summed E-state index contributed by atoms with van der Waals surface area (Å²) in [6.45, 7) is 1.51. The van der Waals surface area contributed by atoms with Gasteiger partial charge < -0.3 is 0 Å². The lowest BCUT2D eigenvalue weighted by Crippen LogP contribution is -1.91. The molecule has 0 heterocycles. The summed E-state index contributed by atoms with van der Waals surface area (Å²) in [5, 5.41) is 0. The third-order valence-electron chi connectivity index (χ3n) is 1.94. The van der Waals surface area contributed by atoms with Crippen molar-refractivity contribution in [1.29, 1.82) is 0 Å². The third-order valence-corrected chi connectivity index (χ3v) is 3.27. The standard InChI is InChI=1S/C9H5ClN2O4S/c1-6-8(11-4-13)2-7(17(10,15)16)3-9(6)12-5-14/h2-3H,1H3. The van der Waals surface area contributed by atoms with Crippen molar-refractivity contribution in [3.8, 4) is 0 Å².